The van der Waals surface area contributed by atoms with Gasteiger partial charge in [0.05, 0.1) is 13.2 Å². The van der Waals surface area contributed by atoms with Crippen LogP contribution in [-0.4, -0.2) is 26.4 Å². The molecule has 0 aliphatic carbocycles. The molecule has 0 atom stereocenters. The van der Waals surface area contributed by atoms with Gasteiger partial charge in [0.2, 0.25) is 0 Å². The maximum absolute atomic E-state index is 5.76. The third-order valence-electron chi connectivity index (χ3n) is 2.70. The number of hydrogen-bond donors (Lipinski definition) is 1. The first-order valence-electron chi connectivity index (χ1n) is 6.98. The van der Waals surface area contributed by atoms with Gasteiger partial charge in [-0.15, -0.1) is 0 Å². The Bertz CT molecular complexity index is 355. The molecule has 108 valence electrons. The van der Waals surface area contributed by atoms with Crippen LogP contribution in [0.1, 0.15) is 32.3 Å². The van der Waals surface area contributed by atoms with Gasteiger partial charge in [0.1, 0.15) is 6.61 Å². The van der Waals surface area contributed by atoms with Crippen molar-refractivity contribution in [2.75, 3.05) is 26.4 Å². The van der Waals surface area contributed by atoms with Gasteiger partial charge in [-0.1, -0.05) is 25.5 Å². The summed E-state index contributed by atoms with van der Waals surface area (Å²) >= 11 is 0. The molecule has 0 unspecified atom stereocenters. The van der Waals surface area contributed by atoms with Crippen LogP contribution in [0.5, 0.6) is 11.5 Å². The van der Waals surface area contributed by atoms with Gasteiger partial charge in [-0.2, -0.15) is 0 Å². The summed E-state index contributed by atoms with van der Waals surface area (Å²) in [6.07, 6.45) is 2.23. The van der Waals surface area contributed by atoms with E-state index in [1.807, 2.05) is 25.1 Å². The van der Waals surface area contributed by atoms with E-state index in [2.05, 4.69) is 6.92 Å². The fourth-order valence-electron chi connectivity index (χ4n) is 1.71. The first-order chi connectivity index (χ1) is 9.33. The van der Waals surface area contributed by atoms with Crippen LogP contribution < -0.4 is 15.2 Å². The Balaban J connectivity index is 2.50. The van der Waals surface area contributed by atoms with E-state index in [0.29, 0.717) is 26.4 Å². The van der Waals surface area contributed by atoms with E-state index >= 15 is 0 Å². The third-order valence-corrected chi connectivity index (χ3v) is 2.70. The van der Waals surface area contributed by atoms with Gasteiger partial charge in [-0.05, 0) is 19.4 Å². The summed E-state index contributed by atoms with van der Waals surface area (Å²) in [5.74, 6) is 1.49. The summed E-state index contributed by atoms with van der Waals surface area (Å²) in [5.41, 5.74) is 6.68. The first kappa shape index (κ1) is 15.8. The summed E-state index contributed by atoms with van der Waals surface area (Å²) in [6, 6.07) is 5.78. The zero-order chi connectivity index (χ0) is 13.9. The molecule has 0 aromatic heterocycles. The molecular weight excluding hydrogens is 242 g/mol. The maximum atomic E-state index is 5.76. The monoisotopic (exact) mass is 267 g/mol. The molecule has 0 fully saturated rings. The van der Waals surface area contributed by atoms with Gasteiger partial charge >= 0.3 is 0 Å². The van der Waals surface area contributed by atoms with Crippen LogP contribution in [0, 0.1) is 0 Å². The van der Waals surface area contributed by atoms with Crippen LogP contribution in [0.3, 0.4) is 0 Å². The highest BCUT2D eigenvalue weighted by Gasteiger charge is 2.09. The standard InChI is InChI=1S/C15H25NO3/c1-3-5-9-17-10-11-19-15-13(12-16)7-6-8-14(15)18-4-2/h6-8H,3-5,9-12,16H2,1-2H3. The summed E-state index contributed by atoms with van der Waals surface area (Å²) in [5, 5.41) is 0. The first-order valence-corrected chi connectivity index (χ1v) is 6.98. The molecule has 1 aromatic carbocycles. The van der Waals surface area contributed by atoms with Crippen LogP contribution in [0.2, 0.25) is 0 Å². The minimum Gasteiger partial charge on any atom is -0.490 e. The Morgan fingerprint density at radius 1 is 1.05 bits per heavy atom. The molecule has 0 radical (unpaired) electrons. The average molecular weight is 267 g/mol. The number of benzene rings is 1. The number of ether oxygens (including phenoxy) is 3. The zero-order valence-electron chi connectivity index (χ0n) is 12.0. The van der Waals surface area contributed by atoms with Crippen molar-refractivity contribution in [3.8, 4) is 11.5 Å². The Morgan fingerprint density at radius 3 is 2.58 bits per heavy atom. The van der Waals surface area contributed by atoms with E-state index in [4.69, 9.17) is 19.9 Å². The maximum Gasteiger partial charge on any atom is 0.165 e. The second-order valence-electron chi connectivity index (χ2n) is 4.20. The highest BCUT2D eigenvalue weighted by atomic mass is 16.5. The highest BCUT2D eigenvalue weighted by molar-refractivity contribution is 5.46. The van der Waals surface area contributed by atoms with Crippen LogP contribution in [-0.2, 0) is 11.3 Å². The molecule has 0 bridgehead atoms. The molecule has 0 saturated carbocycles. The molecule has 4 nitrogen and oxygen atoms in total. The van der Waals surface area contributed by atoms with Crippen molar-refractivity contribution in [2.45, 2.75) is 33.2 Å². The molecule has 1 rings (SSSR count). The Labute approximate surface area is 115 Å². The fourth-order valence-corrected chi connectivity index (χ4v) is 1.71. The molecule has 2 N–H and O–H groups in total. The molecule has 0 amide bonds. The molecule has 0 saturated heterocycles. The van der Waals surface area contributed by atoms with Crippen molar-refractivity contribution >= 4 is 0 Å². The lowest BCUT2D eigenvalue weighted by Gasteiger charge is -2.15. The molecule has 0 aliphatic heterocycles. The highest BCUT2D eigenvalue weighted by Crippen LogP contribution is 2.31. The van der Waals surface area contributed by atoms with Gasteiger partial charge in [0, 0.05) is 18.7 Å². The number of para-hydroxylation sites is 1. The van der Waals surface area contributed by atoms with Crippen LogP contribution in [0.25, 0.3) is 0 Å². The van der Waals surface area contributed by atoms with Crippen LogP contribution in [0.15, 0.2) is 18.2 Å². The second kappa shape index (κ2) is 9.64. The zero-order valence-corrected chi connectivity index (χ0v) is 12.0. The van der Waals surface area contributed by atoms with Crippen molar-refractivity contribution in [3.63, 3.8) is 0 Å². The Hall–Kier alpha value is -1.26. The lowest BCUT2D eigenvalue weighted by molar-refractivity contribution is 0.0964. The summed E-state index contributed by atoms with van der Waals surface area (Å²) in [4.78, 5) is 0. The summed E-state index contributed by atoms with van der Waals surface area (Å²) < 4.78 is 16.8. The lowest BCUT2D eigenvalue weighted by atomic mass is 10.2. The smallest absolute Gasteiger partial charge is 0.165 e. The van der Waals surface area contributed by atoms with Gasteiger partial charge in [0.15, 0.2) is 11.5 Å². The van der Waals surface area contributed by atoms with E-state index in [0.717, 1.165) is 36.5 Å². The molecule has 0 heterocycles. The fraction of sp³-hybridized carbons (Fsp3) is 0.600. The SMILES string of the molecule is CCCCOCCOc1c(CN)cccc1OCC. The number of unbranched alkanes of at least 4 members (excludes halogenated alkanes) is 1. The van der Waals surface area contributed by atoms with Crippen molar-refractivity contribution in [3.05, 3.63) is 23.8 Å². The van der Waals surface area contributed by atoms with E-state index in [-0.39, 0.29) is 0 Å². The lowest BCUT2D eigenvalue weighted by Crippen LogP contribution is -2.11. The van der Waals surface area contributed by atoms with E-state index in [9.17, 15) is 0 Å². The van der Waals surface area contributed by atoms with Gasteiger partial charge in [-0.3, -0.25) is 0 Å². The third kappa shape index (κ3) is 5.49. The number of nitrogens with two attached hydrogens (primary N) is 1. The van der Waals surface area contributed by atoms with E-state index in [1.54, 1.807) is 0 Å². The van der Waals surface area contributed by atoms with E-state index < -0.39 is 0 Å². The molecule has 0 aliphatic rings. The normalized spacial score (nSPS) is 10.5. The average Bonchev–Trinajstić information content (AvgIpc) is 2.44. The molecule has 0 spiro atoms. The van der Waals surface area contributed by atoms with Crippen molar-refractivity contribution in [1.82, 2.24) is 0 Å². The minimum atomic E-state index is 0.437. The van der Waals surface area contributed by atoms with Crippen molar-refractivity contribution in [2.24, 2.45) is 5.73 Å². The Kier molecular flexibility index (Phi) is 8.02. The number of hydrogen-bond acceptors (Lipinski definition) is 4. The van der Waals surface area contributed by atoms with Gasteiger partial charge < -0.3 is 19.9 Å². The minimum absolute atomic E-state index is 0.437. The molecule has 4 heteroatoms. The van der Waals surface area contributed by atoms with Crippen LogP contribution in [0.4, 0.5) is 0 Å². The number of rotatable bonds is 10. The summed E-state index contributed by atoms with van der Waals surface area (Å²) in [6.45, 7) is 7.03. The molecular formula is C15H25NO3. The quantitative estimate of drug-likeness (QED) is 0.662. The van der Waals surface area contributed by atoms with Gasteiger partial charge in [-0.25, -0.2) is 0 Å². The summed E-state index contributed by atoms with van der Waals surface area (Å²) in [7, 11) is 0. The second-order valence-corrected chi connectivity index (χ2v) is 4.20. The predicted molar refractivity (Wildman–Crippen MR) is 76.7 cm³/mol. The topological polar surface area (TPSA) is 53.7 Å². The Morgan fingerprint density at radius 2 is 1.89 bits per heavy atom. The van der Waals surface area contributed by atoms with Crippen LogP contribution >= 0.6 is 0 Å². The van der Waals surface area contributed by atoms with Crippen molar-refractivity contribution < 1.29 is 14.2 Å². The van der Waals surface area contributed by atoms with E-state index in [1.165, 1.54) is 0 Å². The largest absolute Gasteiger partial charge is 0.490 e. The molecule has 1 aromatic rings. The van der Waals surface area contributed by atoms with Gasteiger partial charge in [0.25, 0.3) is 0 Å². The predicted octanol–water partition coefficient (Wildman–Crippen LogP) is 2.74. The molecule has 19 heavy (non-hydrogen) atoms. The van der Waals surface area contributed by atoms with Crippen molar-refractivity contribution in [1.29, 1.82) is 0 Å².